The number of alkyl carbamates (subject to hydrolysis) is 1. The van der Waals surface area contributed by atoms with Crippen LogP contribution in [0.4, 0.5) is 21.0 Å². The third-order valence-electron chi connectivity index (χ3n) is 6.15. The summed E-state index contributed by atoms with van der Waals surface area (Å²) in [7, 11) is 0. The molecule has 0 unspecified atom stereocenters. The Balaban J connectivity index is 2.07. The van der Waals surface area contributed by atoms with E-state index in [1.807, 2.05) is 97.9 Å². The first-order chi connectivity index (χ1) is 18.1. The van der Waals surface area contributed by atoms with E-state index in [0.717, 1.165) is 5.56 Å². The Morgan fingerprint density at radius 2 is 1.37 bits per heavy atom. The van der Waals surface area contributed by atoms with Crippen LogP contribution in [0.15, 0.2) is 91.0 Å². The first-order valence-electron chi connectivity index (χ1n) is 13.0. The molecule has 202 valence electrons. The van der Waals surface area contributed by atoms with Gasteiger partial charge in [-0.25, -0.2) is 4.79 Å². The number of nitrogens with zero attached hydrogens (tertiary/aromatic N) is 1. The summed E-state index contributed by atoms with van der Waals surface area (Å²) in [5.74, 6) is 0. The average molecular weight is 520 g/mol. The Kier molecular flexibility index (Phi) is 10.0. The van der Waals surface area contributed by atoms with E-state index in [4.69, 9.17) is 9.47 Å². The topological polar surface area (TPSA) is 84.9 Å². The molecule has 3 rings (SSSR count). The van der Waals surface area contributed by atoms with E-state index in [0.29, 0.717) is 17.8 Å². The quantitative estimate of drug-likeness (QED) is 0.291. The molecular formula is C31H39N2O5+. The lowest BCUT2D eigenvalue weighted by Crippen LogP contribution is -2.58. The number of nitrogens with one attached hydrogen (secondary N) is 1. The Morgan fingerprint density at radius 1 is 0.868 bits per heavy atom. The van der Waals surface area contributed by atoms with E-state index in [2.05, 4.69) is 5.32 Å². The summed E-state index contributed by atoms with van der Waals surface area (Å²) in [6, 6.07) is 27.6. The molecule has 0 bridgehead atoms. The number of amides is 2. The first kappa shape index (κ1) is 28.9. The van der Waals surface area contributed by atoms with Gasteiger partial charge in [-0.15, -0.1) is 0 Å². The fraction of sp³-hybridized carbons (Fsp3) is 0.355. The number of hydrogen-bond donors (Lipinski definition) is 2. The van der Waals surface area contributed by atoms with E-state index >= 15 is 0 Å². The van der Waals surface area contributed by atoms with Gasteiger partial charge in [0.05, 0.1) is 12.1 Å². The minimum Gasteiger partial charge on any atom is -0.444 e. The van der Waals surface area contributed by atoms with E-state index < -0.39 is 29.9 Å². The van der Waals surface area contributed by atoms with Crippen LogP contribution in [-0.2, 0) is 16.1 Å². The van der Waals surface area contributed by atoms with Crippen molar-refractivity contribution in [2.75, 3.05) is 6.54 Å². The molecule has 0 saturated carbocycles. The zero-order chi connectivity index (χ0) is 27.6. The molecular weight excluding hydrogens is 480 g/mol. The predicted octanol–water partition coefficient (Wildman–Crippen LogP) is 6.72. The summed E-state index contributed by atoms with van der Waals surface area (Å²) in [6.07, 6.45) is -1.04. The molecule has 0 heterocycles. The molecule has 0 spiro atoms. The number of benzene rings is 3. The maximum absolute atomic E-state index is 14.2. The normalized spacial score (nSPS) is 13.3. The minimum atomic E-state index is -0.697. The highest BCUT2D eigenvalue weighted by Crippen LogP contribution is 2.37. The van der Waals surface area contributed by atoms with E-state index in [-0.39, 0.29) is 24.1 Å². The molecule has 0 saturated heterocycles. The van der Waals surface area contributed by atoms with Crippen molar-refractivity contribution in [3.8, 4) is 0 Å². The van der Waals surface area contributed by atoms with E-state index in [1.54, 1.807) is 20.8 Å². The van der Waals surface area contributed by atoms with Crippen molar-refractivity contribution in [3.63, 3.8) is 0 Å². The van der Waals surface area contributed by atoms with Crippen molar-refractivity contribution < 1.29 is 24.2 Å². The molecule has 3 aromatic carbocycles. The molecule has 0 aromatic heterocycles. The SMILES string of the molecule is CC[C@H](O)C[C@@H](C[N+](C(=O)OCc1ccccc1)(c1ccccc1)c1ccccc1)NC(=O)OC(C)(C)C. The largest absolute Gasteiger partial charge is 0.526 e. The second-order valence-electron chi connectivity index (χ2n) is 10.3. The summed E-state index contributed by atoms with van der Waals surface area (Å²) < 4.78 is 11.2. The smallest absolute Gasteiger partial charge is 0.444 e. The second kappa shape index (κ2) is 13.2. The van der Waals surface area contributed by atoms with Gasteiger partial charge in [0.15, 0.2) is 0 Å². The highest BCUT2D eigenvalue weighted by Gasteiger charge is 2.46. The van der Waals surface area contributed by atoms with Crippen molar-refractivity contribution in [1.82, 2.24) is 9.80 Å². The number of carbonyl (C=O) groups is 2. The molecule has 2 N–H and O–H groups in total. The van der Waals surface area contributed by atoms with Crippen LogP contribution < -0.4 is 9.80 Å². The third kappa shape index (κ3) is 7.91. The van der Waals surface area contributed by atoms with Crippen LogP contribution in [0.3, 0.4) is 0 Å². The van der Waals surface area contributed by atoms with Gasteiger partial charge in [-0.3, -0.25) is 0 Å². The molecule has 2 amide bonds. The average Bonchev–Trinajstić information content (AvgIpc) is 2.90. The second-order valence-corrected chi connectivity index (χ2v) is 10.3. The fourth-order valence-electron chi connectivity index (χ4n) is 4.32. The molecule has 0 fully saturated rings. The number of aliphatic hydroxyl groups is 1. The van der Waals surface area contributed by atoms with Crippen molar-refractivity contribution in [2.24, 2.45) is 0 Å². The van der Waals surface area contributed by atoms with Gasteiger partial charge in [-0.2, -0.15) is 9.28 Å². The predicted molar refractivity (Wildman–Crippen MR) is 150 cm³/mol. The number of hydrogen-bond acceptors (Lipinski definition) is 5. The van der Waals surface area contributed by atoms with Crippen LogP contribution in [0.2, 0.25) is 0 Å². The lowest BCUT2D eigenvalue weighted by atomic mass is 10.0. The minimum absolute atomic E-state index is 0.0983. The molecule has 0 radical (unpaired) electrons. The lowest BCUT2D eigenvalue weighted by molar-refractivity contribution is 0.0464. The maximum atomic E-state index is 14.2. The molecule has 38 heavy (non-hydrogen) atoms. The number of quaternary nitrogens is 1. The molecule has 0 aliphatic rings. The van der Waals surface area contributed by atoms with Crippen LogP contribution in [0.5, 0.6) is 0 Å². The zero-order valence-corrected chi connectivity index (χ0v) is 22.7. The molecule has 7 nitrogen and oxygen atoms in total. The number of para-hydroxylation sites is 2. The van der Waals surface area contributed by atoms with E-state index in [1.165, 1.54) is 0 Å². The number of ether oxygens (including phenoxy) is 2. The van der Waals surface area contributed by atoms with Crippen LogP contribution in [0.1, 0.15) is 46.1 Å². The lowest BCUT2D eigenvalue weighted by Gasteiger charge is -2.37. The number of carbonyl (C=O) groups excluding carboxylic acids is 2. The first-order valence-corrected chi connectivity index (χ1v) is 13.0. The molecule has 0 aliphatic heterocycles. The summed E-state index contributed by atoms with van der Waals surface area (Å²) in [4.78, 5) is 27.0. The van der Waals surface area contributed by atoms with Crippen LogP contribution in [-0.4, -0.2) is 41.6 Å². The Hall–Kier alpha value is -3.68. The van der Waals surface area contributed by atoms with Gasteiger partial charge < -0.3 is 19.9 Å². The summed E-state index contributed by atoms with van der Waals surface area (Å²) in [5.41, 5.74) is 1.53. The summed E-state index contributed by atoms with van der Waals surface area (Å²) in [5, 5.41) is 13.5. The van der Waals surface area contributed by atoms with Crippen LogP contribution in [0, 0.1) is 0 Å². The van der Waals surface area contributed by atoms with Crippen molar-refractivity contribution >= 4 is 23.6 Å². The van der Waals surface area contributed by atoms with Gasteiger partial charge in [0, 0.05) is 24.3 Å². The summed E-state index contributed by atoms with van der Waals surface area (Å²) >= 11 is 0. The standard InChI is InChI=1S/C31H38N2O5/c1-5-28(34)21-25(32-29(35)38-31(2,3)4)22-33(26-17-11-7-12-18-26,27-19-13-8-14-20-27)30(36)37-23-24-15-9-6-10-16-24/h6-20,25,28,34H,5,21-23H2,1-4H3/p+1/t25-,28-/m0/s1. The maximum Gasteiger partial charge on any atom is 0.526 e. The Labute approximate surface area is 225 Å². The van der Waals surface area contributed by atoms with Gasteiger partial charge in [0.25, 0.3) is 0 Å². The monoisotopic (exact) mass is 519 g/mol. The number of aliphatic hydroxyl groups excluding tert-OH is 1. The summed E-state index contributed by atoms with van der Waals surface area (Å²) in [6.45, 7) is 7.45. The van der Waals surface area contributed by atoms with E-state index in [9.17, 15) is 14.7 Å². The highest BCUT2D eigenvalue weighted by molar-refractivity contribution is 5.90. The van der Waals surface area contributed by atoms with Gasteiger partial charge in [0.2, 0.25) is 0 Å². The Bertz CT molecular complexity index is 1110. The third-order valence-corrected chi connectivity index (χ3v) is 6.15. The van der Waals surface area contributed by atoms with Gasteiger partial charge in [0.1, 0.15) is 30.1 Å². The molecule has 7 heteroatoms. The number of rotatable bonds is 10. The van der Waals surface area contributed by atoms with Crippen molar-refractivity contribution in [3.05, 3.63) is 96.6 Å². The Morgan fingerprint density at radius 3 is 1.84 bits per heavy atom. The van der Waals surface area contributed by atoms with Gasteiger partial charge >= 0.3 is 12.2 Å². The van der Waals surface area contributed by atoms with Crippen molar-refractivity contribution in [1.29, 1.82) is 0 Å². The zero-order valence-electron chi connectivity index (χ0n) is 22.7. The molecule has 0 aliphatic carbocycles. The van der Waals surface area contributed by atoms with Gasteiger partial charge in [-0.05, 0) is 39.2 Å². The molecule has 3 aromatic rings. The van der Waals surface area contributed by atoms with Gasteiger partial charge in [-0.1, -0.05) is 73.7 Å². The van der Waals surface area contributed by atoms with Crippen LogP contribution >= 0.6 is 0 Å². The van der Waals surface area contributed by atoms with Crippen molar-refractivity contribution in [2.45, 2.75) is 64.9 Å². The molecule has 2 atom stereocenters. The fourth-order valence-corrected chi connectivity index (χ4v) is 4.32. The van der Waals surface area contributed by atoms with Crippen LogP contribution in [0.25, 0.3) is 0 Å². The highest BCUT2D eigenvalue weighted by atomic mass is 16.6.